The van der Waals surface area contributed by atoms with Crippen LogP contribution in [0.25, 0.3) is 0 Å². The molecule has 3 aromatic rings. The predicted octanol–water partition coefficient (Wildman–Crippen LogP) is 7.31. The number of amides is 2. The lowest BCUT2D eigenvalue weighted by Crippen LogP contribution is -2.51. The second-order valence-corrected chi connectivity index (χ2v) is 10.7. The Morgan fingerprint density at radius 3 is 2.19 bits per heavy atom. The van der Waals surface area contributed by atoms with Crippen LogP contribution < -0.4 is 5.32 Å². The Balaban J connectivity index is 1.87. The van der Waals surface area contributed by atoms with Crippen LogP contribution in [0.15, 0.2) is 66.7 Å². The molecule has 36 heavy (non-hydrogen) atoms. The van der Waals surface area contributed by atoms with Crippen molar-refractivity contribution in [1.29, 1.82) is 0 Å². The SMILES string of the molecule is CCNC(=O)C(Cc1ccccc1)N(Cc1c(Cl)cccc1Cl)C(=O)CSCc1ccc(Cl)c(Cl)c1. The third-order valence-electron chi connectivity index (χ3n) is 5.49. The molecule has 1 atom stereocenters. The molecular formula is C27H26Cl4N2O2S. The molecule has 0 radical (unpaired) electrons. The van der Waals surface area contributed by atoms with E-state index in [1.54, 1.807) is 35.2 Å². The molecule has 2 amide bonds. The minimum atomic E-state index is -0.738. The molecule has 9 heteroatoms. The number of nitrogens with zero attached hydrogens (tertiary/aromatic N) is 1. The second-order valence-electron chi connectivity index (χ2n) is 8.06. The van der Waals surface area contributed by atoms with Gasteiger partial charge in [-0.05, 0) is 42.3 Å². The predicted molar refractivity (Wildman–Crippen MR) is 152 cm³/mol. The highest BCUT2D eigenvalue weighted by molar-refractivity contribution is 7.99. The number of carbonyl (C=O) groups is 2. The first-order chi connectivity index (χ1) is 17.3. The van der Waals surface area contributed by atoms with Crippen molar-refractivity contribution >= 4 is 70.0 Å². The number of thioether (sulfide) groups is 1. The zero-order valence-electron chi connectivity index (χ0n) is 19.6. The summed E-state index contributed by atoms with van der Waals surface area (Å²) in [7, 11) is 0. The van der Waals surface area contributed by atoms with Gasteiger partial charge in [-0.3, -0.25) is 9.59 Å². The Bertz CT molecular complexity index is 1170. The van der Waals surface area contributed by atoms with E-state index in [1.807, 2.05) is 43.3 Å². The summed E-state index contributed by atoms with van der Waals surface area (Å²) in [4.78, 5) is 28.4. The molecule has 1 N–H and O–H groups in total. The molecule has 0 aliphatic carbocycles. The monoisotopic (exact) mass is 582 g/mol. The molecule has 0 fully saturated rings. The van der Waals surface area contributed by atoms with Crippen LogP contribution in [0.3, 0.4) is 0 Å². The largest absolute Gasteiger partial charge is 0.355 e. The van der Waals surface area contributed by atoms with Crippen molar-refractivity contribution < 1.29 is 9.59 Å². The van der Waals surface area contributed by atoms with Crippen molar-refractivity contribution in [1.82, 2.24) is 10.2 Å². The minimum Gasteiger partial charge on any atom is -0.355 e. The highest BCUT2D eigenvalue weighted by atomic mass is 35.5. The van der Waals surface area contributed by atoms with E-state index in [-0.39, 0.29) is 24.1 Å². The van der Waals surface area contributed by atoms with Crippen molar-refractivity contribution in [3.8, 4) is 0 Å². The maximum atomic E-state index is 13.6. The fourth-order valence-electron chi connectivity index (χ4n) is 3.67. The first kappa shape index (κ1) is 28.7. The van der Waals surface area contributed by atoms with E-state index in [0.717, 1.165) is 11.1 Å². The molecule has 0 heterocycles. The highest BCUT2D eigenvalue weighted by Crippen LogP contribution is 2.28. The number of hydrogen-bond acceptors (Lipinski definition) is 3. The van der Waals surface area contributed by atoms with Crippen molar-refractivity contribution in [2.75, 3.05) is 12.3 Å². The van der Waals surface area contributed by atoms with Gasteiger partial charge in [0.05, 0.1) is 15.8 Å². The van der Waals surface area contributed by atoms with Crippen LogP contribution in [-0.4, -0.2) is 35.1 Å². The molecule has 0 aromatic heterocycles. The normalized spacial score (nSPS) is 11.7. The van der Waals surface area contributed by atoms with E-state index < -0.39 is 6.04 Å². The molecule has 0 bridgehead atoms. The Morgan fingerprint density at radius 2 is 1.56 bits per heavy atom. The summed E-state index contributed by atoms with van der Waals surface area (Å²) in [5.74, 6) is 0.302. The van der Waals surface area contributed by atoms with Crippen LogP contribution in [0.4, 0.5) is 0 Å². The molecule has 1 unspecified atom stereocenters. The third kappa shape index (κ3) is 8.06. The topological polar surface area (TPSA) is 49.4 Å². The van der Waals surface area contributed by atoms with Gasteiger partial charge in [-0.25, -0.2) is 0 Å². The number of benzene rings is 3. The first-order valence-electron chi connectivity index (χ1n) is 11.4. The number of rotatable bonds is 11. The Kier molecular flexibility index (Phi) is 11.3. The average Bonchev–Trinajstić information content (AvgIpc) is 2.85. The number of nitrogens with one attached hydrogen (secondary N) is 1. The van der Waals surface area contributed by atoms with Crippen molar-refractivity contribution in [3.63, 3.8) is 0 Å². The maximum Gasteiger partial charge on any atom is 0.243 e. The number of halogens is 4. The van der Waals surface area contributed by atoms with Gasteiger partial charge in [0.15, 0.2) is 0 Å². The second kappa shape index (κ2) is 14.2. The summed E-state index contributed by atoms with van der Waals surface area (Å²) in [5, 5.41) is 4.71. The van der Waals surface area contributed by atoms with E-state index in [2.05, 4.69) is 5.32 Å². The zero-order valence-corrected chi connectivity index (χ0v) is 23.5. The van der Waals surface area contributed by atoms with Crippen molar-refractivity contribution in [3.05, 3.63) is 104 Å². The van der Waals surface area contributed by atoms with Crippen molar-refractivity contribution in [2.45, 2.75) is 31.7 Å². The summed E-state index contributed by atoms with van der Waals surface area (Å²) < 4.78 is 0. The summed E-state index contributed by atoms with van der Waals surface area (Å²) in [6.07, 6.45) is 0.359. The van der Waals surface area contributed by atoms with Crippen LogP contribution in [0.2, 0.25) is 20.1 Å². The number of hydrogen-bond donors (Lipinski definition) is 1. The van der Waals surface area contributed by atoms with Gasteiger partial charge >= 0.3 is 0 Å². The number of carbonyl (C=O) groups excluding carboxylic acids is 2. The van der Waals surface area contributed by atoms with Gasteiger partial charge in [0.1, 0.15) is 6.04 Å². The van der Waals surface area contributed by atoms with E-state index in [0.29, 0.717) is 44.4 Å². The Labute approximate surface area is 236 Å². The van der Waals surface area contributed by atoms with Gasteiger partial charge in [0.2, 0.25) is 11.8 Å². The standard InChI is InChI=1S/C27H26Cl4N2O2S/c1-2-32-27(35)25(14-18-7-4-3-5-8-18)33(15-20-21(28)9-6-10-22(20)29)26(34)17-36-16-19-11-12-23(30)24(31)13-19/h3-13,25H,2,14-17H2,1H3,(H,32,35). The Hall–Kier alpha value is -1.89. The van der Waals surface area contributed by atoms with Crippen LogP contribution in [0.5, 0.6) is 0 Å². The van der Waals surface area contributed by atoms with Gasteiger partial charge in [-0.15, -0.1) is 11.8 Å². The van der Waals surface area contributed by atoms with Crippen LogP contribution in [0.1, 0.15) is 23.6 Å². The fourth-order valence-corrected chi connectivity index (χ4v) is 5.36. The summed E-state index contributed by atoms with van der Waals surface area (Å²) in [6, 6.07) is 19.5. The molecule has 190 valence electrons. The number of likely N-dealkylation sites (N-methyl/N-ethyl adjacent to an activating group) is 1. The lowest BCUT2D eigenvalue weighted by Gasteiger charge is -2.32. The van der Waals surface area contributed by atoms with Crippen LogP contribution in [0, 0.1) is 0 Å². The lowest BCUT2D eigenvalue weighted by atomic mass is 10.0. The van der Waals surface area contributed by atoms with Gasteiger partial charge in [0.25, 0.3) is 0 Å². The molecule has 0 saturated heterocycles. The molecular weight excluding hydrogens is 558 g/mol. The first-order valence-corrected chi connectivity index (χ1v) is 14.0. The van der Waals surface area contributed by atoms with Crippen LogP contribution in [-0.2, 0) is 28.3 Å². The van der Waals surface area contributed by atoms with E-state index in [4.69, 9.17) is 46.4 Å². The fraction of sp³-hybridized carbons (Fsp3) is 0.259. The third-order valence-corrected chi connectivity index (χ3v) is 7.93. The van der Waals surface area contributed by atoms with E-state index >= 15 is 0 Å². The summed E-state index contributed by atoms with van der Waals surface area (Å²) in [6.45, 7) is 2.41. The molecule has 0 saturated carbocycles. The molecule has 3 aromatic carbocycles. The Morgan fingerprint density at radius 1 is 0.861 bits per heavy atom. The summed E-state index contributed by atoms with van der Waals surface area (Å²) in [5.41, 5.74) is 2.50. The van der Waals surface area contributed by atoms with E-state index in [1.165, 1.54) is 11.8 Å². The lowest BCUT2D eigenvalue weighted by molar-refractivity contribution is -0.139. The van der Waals surface area contributed by atoms with Crippen molar-refractivity contribution in [2.24, 2.45) is 0 Å². The van der Waals surface area contributed by atoms with Gasteiger partial charge in [-0.1, -0.05) is 88.9 Å². The van der Waals surface area contributed by atoms with Gasteiger partial charge in [-0.2, -0.15) is 0 Å². The quantitative estimate of drug-likeness (QED) is 0.257. The molecule has 0 aliphatic heterocycles. The average molecular weight is 584 g/mol. The molecule has 4 nitrogen and oxygen atoms in total. The van der Waals surface area contributed by atoms with Crippen LogP contribution >= 0.6 is 58.2 Å². The maximum absolute atomic E-state index is 13.6. The molecule has 0 aliphatic rings. The van der Waals surface area contributed by atoms with Gasteiger partial charge in [0, 0.05) is 40.9 Å². The van der Waals surface area contributed by atoms with E-state index in [9.17, 15) is 9.59 Å². The van der Waals surface area contributed by atoms with Gasteiger partial charge < -0.3 is 10.2 Å². The minimum absolute atomic E-state index is 0.110. The smallest absolute Gasteiger partial charge is 0.243 e. The molecule has 0 spiro atoms. The zero-order chi connectivity index (χ0) is 26.1. The summed E-state index contributed by atoms with van der Waals surface area (Å²) >= 11 is 26.5. The molecule has 3 rings (SSSR count). The highest BCUT2D eigenvalue weighted by Gasteiger charge is 2.31.